The summed E-state index contributed by atoms with van der Waals surface area (Å²) in [6, 6.07) is 18.1. The van der Waals surface area contributed by atoms with E-state index in [0.29, 0.717) is 34.8 Å². The predicted molar refractivity (Wildman–Crippen MR) is 130 cm³/mol. The molecule has 32 heavy (non-hydrogen) atoms. The van der Waals surface area contributed by atoms with E-state index in [1.54, 1.807) is 27.7 Å². The van der Waals surface area contributed by atoms with Gasteiger partial charge in [-0.05, 0) is 50.4 Å². The van der Waals surface area contributed by atoms with E-state index >= 15 is 0 Å². The number of hydrogen-bond donors (Lipinski definition) is 1. The largest absolute Gasteiger partial charge is 0.322 e. The summed E-state index contributed by atoms with van der Waals surface area (Å²) in [6.07, 6.45) is 0. The Morgan fingerprint density at radius 1 is 1.09 bits per heavy atom. The van der Waals surface area contributed by atoms with Crippen LogP contribution in [0.3, 0.4) is 0 Å². The van der Waals surface area contributed by atoms with Crippen LogP contribution >= 0.6 is 11.6 Å². The average molecular weight is 449 g/mol. The Balaban J connectivity index is 1.72. The number of fused-ring (bicyclic) bond motifs is 2. The van der Waals surface area contributed by atoms with Crippen molar-refractivity contribution in [2.75, 3.05) is 11.9 Å². The molecule has 7 heteroatoms. The van der Waals surface area contributed by atoms with Crippen LogP contribution in [-0.2, 0) is 6.54 Å². The third-order valence-corrected chi connectivity index (χ3v) is 5.97. The fourth-order valence-electron chi connectivity index (χ4n) is 4.09. The van der Waals surface area contributed by atoms with Gasteiger partial charge in [0.05, 0.1) is 22.6 Å². The second kappa shape index (κ2) is 9.01. The first kappa shape index (κ1) is 21.8. The third kappa shape index (κ3) is 3.94. The molecule has 0 saturated heterocycles. The standard InChI is InChI=1S/C25H25ClN4O2/c1-4-29(25(32)28-21-12-8-10-17-9-6-7-11-19(17)21)16(3)23-27-22-15-18(26)13-14-20(22)24(31)30(23)5-2/h6-16H,4-5H2,1-3H3,(H,28,32). The molecule has 0 spiro atoms. The maximum absolute atomic E-state index is 13.3. The highest BCUT2D eigenvalue weighted by Crippen LogP contribution is 2.26. The Labute approximate surface area is 191 Å². The van der Waals surface area contributed by atoms with Gasteiger partial charge in [0.2, 0.25) is 0 Å². The molecule has 0 aliphatic rings. The molecule has 1 heterocycles. The Morgan fingerprint density at radius 2 is 1.84 bits per heavy atom. The summed E-state index contributed by atoms with van der Waals surface area (Å²) in [6.45, 7) is 6.59. The number of anilines is 1. The van der Waals surface area contributed by atoms with E-state index in [4.69, 9.17) is 16.6 Å². The van der Waals surface area contributed by atoms with Gasteiger partial charge < -0.3 is 10.2 Å². The zero-order chi connectivity index (χ0) is 22.8. The molecule has 0 radical (unpaired) electrons. The zero-order valence-corrected chi connectivity index (χ0v) is 19.1. The molecule has 1 N–H and O–H groups in total. The van der Waals surface area contributed by atoms with Crippen LogP contribution in [0, 0.1) is 0 Å². The topological polar surface area (TPSA) is 67.2 Å². The lowest BCUT2D eigenvalue weighted by Gasteiger charge is -2.29. The normalized spacial score (nSPS) is 12.1. The number of benzene rings is 3. The van der Waals surface area contributed by atoms with Crippen molar-refractivity contribution in [3.63, 3.8) is 0 Å². The van der Waals surface area contributed by atoms with Crippen LogP contribution in [0.1, 0.15) is 32.6 Å². The Kier molecular flexibility index (Phi) is 6.15. The summed E-state index contributed by atoms with van der Waals surface area (Å²) in [5.74, 6) is 0.530. The van der Waals surface area contributed by atoms with Crippen LogP contribution in [-0.4, -0.2) is 27.0 Å². The van der Waals surface area contributed by atoms with E-state index < -0.39 is 6.04 Å². The summed E-state index contributed by atoms with van der Waals surface area (Å²) in [5.41, 5.74) is 1.13. The molecule has 0 aliphatic carbocycles. The SMILES string of the molecule is CCN(C(=O)Nc1cccc2ccccc12)C(C)c1nc2cc(Cl)ccc2c(=O)n1CC. The lowest BCUT2D eigenvalue weighted by Crippen LogP contribution is -2.40. The van der Waals surface area contributed by atoms with Crippen molar-refractivity contribution in [3.8, 4) is 0 Å². The van der Waals surface area contributed by atoms with E-state index in [0.717, 1.165) is 16.5 Å². The fraction of sp³-hybridized carbons (Fsp3) is 0.240. The molecule has 6 nitrogen and oxygen atoms in total. The first-order chi connectivity index (χ1) is 15.4. The minimum atomic E-state index is -0.425. The van der Waals surface area contributed by atoms with Gasteiger partial charge in [-0.3, -0.25) is 9.36 Å². The minimum absolute atomic E-state index is 0.137. The third-order valence-electron chi connectivity index (χ3n) is 5.74. The molecule has 0 bridgehead atoms. The van der Waals surface area contributed by atoms with Gasteiger partial charge in [-0.15, -0.1) is 0 Å². The number of carbonyl (C=O) groups is 1. The highest BCUT2D eigenvalue weighted by Gasteiger charge is 2.25. The molecular weight excluding hydrogens is 424 g/mol. The molecular formula is C25H25ClN4O2. The maximum Gasteiger partial charge on any atom is 0.322 e. The van der Waals surface area contributed by atoms with Crippen molar-refractivity contribution in [1.29, 1.82) is 0 Å². The van der Waals surface area contributed by atoms with Gasteiger partial charge in [-0.1, -0.05) is 48.0 Å². The van der Waals surface area contributed by atoms with Gasteiger partial charge in [0, 0.05) is 23.5 Å². The van der Waals surface area contributed by atoms with Gasteiger partial charge in [0.1, 0.15) is 5.82 Å². The van der Waals surface area contributed by atoms with Crippen molar-refractivity contribution in [2.24, 2.45) is 0 Å². The number of amides is 2. The lowest BCUT2D eigenvalue weighted by molar-refractivity contribution is 0.192. The number of nitrogens with one attached hydrogen (secondary N) is 1. The monoisotopic (exact) mass is 448 g/mol. The van der Waals surface area contributed by atoms with Crippen LogP contribution in [0.2, 0.25) is 5.02 Å². The van der Waals surface area contributed by atoms with E-state index in [2.05, 4.69) is 5.32 Å². The molecule has 0 saturated carbocycles. The van der Waals surface area contributed by atoms with Gasteiger partial charge in [0.15, 0.2) is 0 Å². The van der Waals surface area contributed by atoms with Crippen molar-refractivity contribution < 1.29 is 4.79 Å². The van der Waals surface area contributed by atoms with E-state index in [-0.39, 0.29) is 11.6 Å². The summed E-state index contributed by atoms with van der Waals surface area (Å²) in [5, 5.41) is 6.08. The van der Waals surface area contributed by atoms with Gasteiger partial charge >= 0.3 is 6.03 Å². The van der Waals surface area contributed by atoms with Gasteiger partial charge in [0.25, 0.3) is 5.56 Å². The highest BCUT2D eigenvalue weighted by molar-refractivity contribution is 6.31. The van der Waals surface area contributed by atoms with E-state index in [1.165, 1.54) is 0 Å². The molecule has 0 aliphatic heterocycles. The quantitative estimate of drug-likeness (QED) is 0.417. The van der Waals surface area contributed by atoms with Crippen molar-refractivity contribution >= 4 is 45.0 Å². The average Bonchev–Trinajstić information content (AvgIpc) is 2.79. The Bertz CT molecular complexity index is 1360. The first-order valence-corrected chi connectivity index (χ1v) is 11.1. The molecule has 164 valence electrons. The second-order valence-corrected chi connectivity index (χ2v) is 8.04. The molecule has 4 rings (SSSR count). The van der Waals surface area contributed by atoms with Gasteiger partial charge in [-0.25, -0.2) is 9.78 Å². The molecule has 4 aromatic rings. The molecule has 2 amide bonds. The summed E-state index contributed by atoms with van der Waals surface area (Å²) < 4.78 is 1.62. The molecule has 0 fully saturated rings. The van der Waals surface area contributed by atoms with E-state index in [1.807, 2.05) is 63.2 Å². The fourth-order valence-corrected chi connectivity index (χ4v) is 4.26. The summed E-state index contributed by atoms with van der Waals surface area (Å²) >= 11 is 6.13. The second-order valence-electron chi connectivity index (χ2n) is 7.60. The number of carbonyl (C=O) groups excluding carboxylic acids is 1. The highest BCUT2D eigenvalue weighted by atomic mass is 35.5. The van der Waals surface area contributed by atoms with Crippen LogP contribution in [0.5, 0.6) is 0 Å². The number of aromatic nitrogens is 2. The Morgan fingerprint density at radius 3 is 2.59 bits per heavy atom. The van der Waals surface area contributed by atoms with Crippen LogP contribution in [0.25, 0.3) is 21.7 Å². The number of urea groups is 1. The molecule has 1 aromatic heterocycles. The smallest absolute Gasteiger partial charge is 0.315 e. The predicted octanol–water partition coefficient (Wildman–Crippen LogP) is 5.84. The number of hydrogen-bond acceptors (Lipinski definition) is 3. The summed E-state index contributed by atoms with van der Waals surface area (Å²) in [4.78, 5) is 32.8. The van der Waals surface area contributed by atoms with E-state index in [9.17, 15) is 9.59 Å². The molecule has 3 aromatic carbocycles. The number of halogens is 1. The Hall–Kier alpha value is -3.38. The number of nitrogens with zero attached hydrogens (tertiary/aromatic N) is 3. The number of rotatable bonds is 5. The van der Waals surface area contributed by atoms with Crippen molar-refractivity contribution in [1.82, 2.24) is 14.5 Å². The van der Waals surface area contributed by atoms with Gasteiger partial charge in [-0.2, -0.15) is 0 Å². The van der Waals surface area contributed by atoms with Crippen LogP contribution in [0.15, 0.2) is 65.5 Å². The zero-order valence-electron chi connectivity index (χ0n) is 18.3. The summed E-state index contributed by atoms with van der Waals surface area (Å²) in [7, 11) is 0. The minimum Gasteiger partial charge on any atom is -0.315 e. The van der Waals surface area contributed by atoms with Crippen molar-refractivity contribution in [2.45, 2.75) is 33.4 Å². The first-order valence-electron chi connectivity index (χ1n) is 10.7. The van der Waals surface area contributed by atoms with Crippen LogP contribution < -0.4 is 10.9 Å². The molecule has 1 unspecified atom stereocenters. The van der Waals surface area contributed by atoms with Crippen molar-refractivity contribution in [3.05, 3.63) is 81.9 Å². The van der Waals surface area contributed by atoms with Crippen LogP contribution in [0.4, 0.5) is 10.5 Å². The lowest BCUT2D eigenvalue weighted by atomic mass is 10.1. The maximum atomic E-state index is 13.3. The molecule has 1 atom stereocenters.